The molecule has 0 atom stereocenters. The number of nitrogens with zero attached hydrogens (tertiary/aromatic N) is 1. The van der Waals surface area contributed by atoms with Crippen molar-refractivity contribution >= 4 is 75.5 Å². The van der Waals surface area contributed by atoms with E-state index in [9.17, 15) is 13.2 Å². The summed E-state index contributed by atoms with van der Waals surface area (Å²) in [7, 11) is -3.30. The van der Waals surface area contributed by atoms with Crippen LogP contribution in [0.15, 0.2) is 41.3 Å². The van der Waals surface area contributed by atoms with Crippen molar-refractivity contribution in [3.8, 4) is 0 Å². The van der Waals surface area contributed by atoms with E-state index >= 15 is 0 Å². The van der Waals surface area contributed by atoms with Crippen molar-refractivity contribution in [1.82, 2.24) is 4.98 Å². The van der Waals surface area contributed by atoms with E-state index in [1.54, 1.807) is 12.1 Å². The van der Waals surface area contributed by atoms with Crippen molar-refractivity contribution in [3.05, 3.63) is 51.9 Å². The molecule has 0 fully saturated rings. The van der Waals surface area contributed by atoms with Crippen LogP contribution < -0.4 is 5.32 Å². The van der Waals surface area contributed by atoms with Gasteiger partial charge >= 0.3 is 0 Å². The number of aryl methyl sites for hydroxylation is 1. The maximum atomic E-state index is 12.7. The number of thiazole rings is 1. The summed E-state index contributed by atoms with van der Waals surface area (Å²) >= 11 is 8.94. The Kier molecular flexibility index (Phi) is 4.46. The molecule has 2 heterocycles. The van der Waals surface area contributed by atoms with Gasteiger partial charge in [0.1, 0.15) is 4.88 Å². The van der Waals surface area contributed by atoms with Crippen molar-refractivity contribution in [2.24, 2.45) is 0 Å². The number of hydrogen-bond acceptors (Lipinski definition) is 6. The molecule has 4 aromatic rings. The van der Waals surface area contributed by atoms with Crippen LogP contribution in [0.5, 0.6) is 0 Å². The number of benzene rings is 2. The number of nitrogens with one attached hydrogen (secondary N) is 1. The summed E-state index contributed by atoms with van der Waals surface area (Å²) in [6.45, 7) is 1.98. The molecule has 1 amide bonds. The van der Waals surface area contributed by atoms with E-state index in [2.05, 4.69) is 10.3 Å². The number of halogens is 1. The van der Waals surface area contributed by atoms with E-state index in [0.29, 0.717) is 25.2 Å². The normalized spacial score (nSPS) is 12.0. The van der Waals surface area contributed by atoms with Gasteiger partial charge in [0.15, 0.2) is 15.0 Å². The Balaban J connectivity index is 1.67. The zero-order chi connectivity index (χ0) is 19.3. The maximum Gasteiger partial charge on any atom is 0.269 e. The summed E-state index contributed by atoms with van der Waals surface area (Å²) in [5, 5.41) is 4.43. The minimum atomic E-state index is -3.30. The van der Waals surface area contributed by atoms with Gasteiger partial charge in [-0.3, -0.25) is 10.1 Å². The lowest BCUT2D eigenvalue weighted by molar-refractivity contribution is 0.103. The Bertz CT molecular complexity index is 1320. The van der Waals surface area contributed by atoms with Gasteiger partial charge in [0.25, 0.3) is 5.91 Å². The average molecular weight is 437 g/mol. The molecule has 0 aliphatic carbocycles. The van der Waals surface area contributed by atoms with Crippen molar-refractivity contribution in [2.45, 2.75) is 11.8 Å². The molecule has 5 nitrogen and oxygen atoms in total. The number of aromatic nitrogens is 1. The molecule has 0 unspecified atom stereocenters. The third-order valence-corrected chi connectivity index (χ3v) is 7.70. The van der Waals surface area contributed by atoms with E-state index in [0.717, 1.165) is 21.9 Å². The first kappa shape index (κ1) is 18.4. The molecule has 0 aliphatic rings. The number of carbonyl (C=O) groups excluding carboxylic acids is 1. The fraction of sp³-hybridized carbons (Fsp3) is 0.111. The van der Waals surface area contributed by atoms with Crippen molar-refractivity contribution in [3.63, 3.8) is 0 Å². The SMILES string of the molecule is Cc1ccc2c(Cl)c(C(=O)Nc3nc4ccc(S(C)(=O)=O)cc4s3)sc2c1. The molecule has 4 rings (SSSR count). The highest BCUT2D eigenvalue weighted by atomic mass is 35.5. The Labute approximate surface area is 168 Å². The molecule has 0 aliphatic heterocycles. The maximum absolute atomic E-state index is 12.7. The van der Waals surface area contributed by atoms with Crippen LogP contribution in [-0.4, -0.2) is 25.6 Å². The molecule has 0 saturated heterocycles. The van der Waals surface area contributed by atoms with E-state index in [1.165, 1.54) is 28.7 Å². The first-order valence-electron chi connectivity index (χ1n) is 7.83. The Morgan fingerprint density at radius 2 is 1.89 bits per heavy atom. The molecule has 1 N–H and O–H groups in total. The number of carbonyl (C=O) groups is 1. The van der Waals surface area contributed by atoms with Gasteiger partial charge in [0.05, 0.1) is 20.1 Å². The fourth-order valence-corrected chi connectivity index (χ4v) is 5.79. The predicted octanol–water partition coefficient (Wildman–Crippen LogP) is 5.13. The number of sulfone groups is 1. The zero-order valence-corrected chi connectivity index (χ0v) is 17.4. The molecular formula is C18H13ClN2O3S3. The fourth-order valence-electron chi connectivity index (χ4n) is 2.66. The van der Waals surface area contributed by atoms with Crippen LogP contribution >= 0.6 is 34.3 Å². The molecule has 0 spiro atoms. The molecule has 0 radical (unpaired) electrons. The van der Waals surface area contributed by atoms with E-state index in [1.807, 2.05) is 25.1 Å². The molecular weight excluding hydrogens is 424 g/mol. The summed E-state index contributed by atoms with van der Waals surface area (Å²) in [5.74, 6) is -0.332. The highest BCUT2D eigenvalue weighted by Gasteiger charge is 2.19. The molecule has 0 bridgehead atoms. The molecule has 9 heteroatoms. The summed E-state index contributed by atoms with van der Waals surface area (Å²) in [6.07, 6.45) is 1.16. The quantitative estimate of drug-likeness (QED) is 0.483. The second-order valence-corrected chi connectivity index (χ2v) is 10.6. The van der Waals surface area contributed by atoms with Gasteiger partial charge in [0.2, 0.25) is 0 Å². The second kappa shape index (κ2) is 6.56. The van der Waals surface area contributed by atoms with Gasteiger partial charge in [0, 0.05) is 16.3 Å². The van der Waals surface area contributed by atoms with Crippen LogP contribution in [0, 0.1) is 6.92 Å². The molecule has 2 aromatic carbocycles. The standard InChI is InChI=1S/C18H13ClN2O3S3/c1-9-3-5-11-13(7-9)25-16(15(11)19)17(22)21-18-20-12-6-4-10(27(2,23)24)8-14(12)26-18/h3-8H,1-2H3,(H,20,21,22). The minimum Gasteiger partial charge on any atom is -0.297 e. The van der Waals surface area contributed by atoms with E-state index in [-0.39, 0.29) is 10.8 Å². The third-order valence-electron chi connectivity index (χ3n) is 4.00. The minimum absolute atomic E-state index is 0.222. The number of anilines is 1. The molecule has 2 aromatic heterocycles. The Hall–Kier alpha value is -2.00. The lowest BCUT2D eigenvalue weighted by Crippen LogP contribution is -2.10. The van der Waals surface area contributed by atoms with Crippen molar-refractivity contribution in [2.75, 3.05) is 11.6 Å². The summed E-state index contributed by atoms with van der Waals surface area (Å²) < 4.78 is 25.0. The highest BCUT2D eigenvalue weighted by Crippen LogP contribution is 2.37. The Morgan fingerprint density at radius 1 is 1.11 bits per heavy atom. The van der Waals surface area contributed by atoms with Crippen LogP contribution in [0.4, 0.5) is 5.13 Å². The summed E-state index contributed by atoms with van der Waals surface area (Å²) in [6, 6.07) is 10.6. The highest BCUT2D eigenvalue weighted by molar-refractivity contribution is 7.90. The first-order valence-corrected chi connectivity index (χ1v) is 11.7. The van der Waals surface area contributed by atoms with Gasteiger partial charge in [-0.25, -0.2) is 13.4 Å². The number of thiophene rings is 1. The number of amides is 1. The van der Waals surface area contributed by atoms with E-state index < -0.39 is 9.84 Å². The van der Waals surface area contributed by atoms with E-state index in [4.69, 9.17) is 11.6 Å². The lowest BCUT2D eigenvalue weighted by Gasteiger charge is -1.98. The molecule has 27 heavy (non-hydrogen) atoms. The van der Waals surface area contributed by atoms with Gasteiger partial charge in [-0.2, -0.15) is 0 Å². The van der Waals surface area contributed by atoms with Gasteiger partial charge < -0.3 is 0 Å². The monoisotopic (exact) mass is 436 g/mol. The van der Waals surface area contributed by atoms with Gasteiger partial charge in [-0.15, -0.1) is 11.3 Å². The Morgan fingerprint density at radius 3 is 2.63 bits per heavy atom. The lowest BCUT2D eigenvalue weighted by atomic mass is 10.2. The third kappa shape index (κ3) is 3.45. The van der Waals surface area contributed by atoms with Crippen molar-refractivity contribution in [1.29, 1.82) is 0 Å². The number of fused-ring (bicyclic) bond motifs is 2. The van der Waals surface area contributed by atoms with Crippen LogP contribution in [0.2, 0.25) is 5.02 Å². The van der Waals surface area contributed by atoms with Crippen LogP contribution in [-0.2, 0) is 9.84 Å². The largest absolute Gasteiger partial charge is 0.297 e. The second-order valence-electron chi connectivity index (χ2n) is 6.12. The van der Waals surface area contributed by atoms with Crippen LogP contribution in [0.3, 0.4) is 0 Å². The number of hydrogen-bond donors (Lipinski definition) is 1. The first-order chi connectivity index (χ1) is 12.7. The van der Waals surface area contributed by atoms with Crippen molar-refractivity contribution < 1.29 is 13.2 Å². The van der Waals surface area contributed by atoms with Crippen LogP contribution in [0.25, 0.3) is 20.3 Å². The van der Waals surface area contributed by atoms with Gasteiger partial charge in [-0.05, 0) is 36.8 Å². The molecule has 0 saturated carbocycles. The van der Waals surface area contributed by atoms with Crippen LogP contribution in [0.1, 0.15) is 15.2 Å². The summed E-state index contributed by atoms with van der Waals surface area (Å²) in [5.41, 5.74) is 1.72. The topological polar surface area (TPSA) is 76.1 Å². The molecule has 138 valence electrons. The zero-order valence-electron chi connectivity index (χ0n) is 14.2. The van der Waals surface area contributed by atoms with Gasteiger partial charge in [-0.1, -0.05) is 35.1 Å². The smallest absolute Gasteiger partial charge is 0.269 e. The predicted molar refractivity (Wildman–Crippen MR) is 112 cm³/mol. The number of rotatable bonds is 3. The summed E-state index contributed by atoms with van der Waals surface area (Å²) in [4.78, 5) is 17.7. The average Bonchev–Trinajstić information content (AvgIpc) is 3.13.